The zero-order chi connectivity index (χ0) is 22.5. The molecule has 32 heavy (non-hydrogen) atoms. The van der Waals surface area contributed by atoms with Gasteiger partial charge in [-0.3, -0.25) is 14.6 Å². The van der Waals surface area contributed by atoms with Crippen LogP contribution in [0, 0.1) is 13.8 Å². The summed E-state index contributed by atoms with van der Waals surface area (Å²) in [5.41, 5.74) is 4.54. The molecule has 0 aliphatic rings. The highest BCUT2D eigenvalue weighted by molar-refractivity contribution is 6.47. The molecule has 0 fully saturated rings. The van der Waals surface area contributed by atoms with E-state index in [9.17, 15) is 9.59 Å². The first-order valence-electron chi connectivity index (χ1n) is 10.2. The number of carbonyl (C=O) groups is 2. The third-order valence-electron chi connectivity index (χ3n) is 5.00. The fourth-order valence-corrected chi connectivity index (χ4v) is 3.47. The Hall–Kier alpha value is -4.32. The molecule has 1 N–H and O–H groups in total. The first kappa shape index (κ1) is 20.9. The molecular formula is C26H22N4O2. The summed E-state index contributed by atoms with van der Waals surface area (Å²) in [4.78, 5) is 29.9. The van der Waals surface area contributed by atoms with Gasteiger partial charge in [-0.2, -0.15) is 5.10 Å². The molecule has 2 aromatic carbocycles. The van der Waals surface area contributed by atoms with E-state index < -0.39 is 11.7 Å². The third kappa shape index (κ3) is 4.54. The number of aromatic nitrogens is 3. The van der Waals surface area contributed by atoms with Gasteiger partial charge in [0.15, 0.2) is 0 Å². The average molecular weight is 422 g/mol. The van der Waals surface area contributed by atoms with E-state index in [2.05, 4.69) is 15.4 Å². The largest absolute Gasteiger partial charge is 0.319 e. The fraction of sp³-hybridized carbons (Fsp3) is 0.0769. The van der Waals surface area contributed by atoms with Crippen LogP contribution in [0.1, 0.15) is 33.0 Å². The summed E-state index contributed by atoms with van der Waals surface area (Å²) in [6.45, 7) is 3.52. The van der Waals surface area contributed by atoms with E-state index in [0.717, 1.165) is 16.9 Å². The van der Waals surface area contributed by atoms with E-state index in [4.69, 9.17) is 0 Å². The number of nitrogens with zero attached hydrogens (tertiary/aromatic N) is 3. The number of hydrogen-bond donors (Lipinski definition) is 1. The van der Waals surface area contributed by atoms with Crippen LogP contribution >= 0.6 is 0 Å². The normalized spacial score (nSPS) is 10.9. The highest BCUT2D eigenvalue weighted by Gasteiger charge is 2.25. The number of Topliss-reactive ketones (excluding diaryl/α,β-unsaturated/α-hetero) is 1. The highest BCUT2D eigenvalue weighted by atomic mass is 16.2. The van der Waals surface area contributed by atoms with Crippen LogP contribution in [0.4, 0.5) is 5.69 Å². The molecule has 0 radical (unpaired) electrons. The second-order valence-corrected chi connectivity index (χ2v) is 7.29. The van der Waals surface area contributed by atoms with Crippen LogP contribution in [0.5, 0.6) is 0 Å². The summed E-state index contributed by atoms with van der Waals surface area (Å²) < 4.78 is 1.68. The molecule has 2 aromatic heterocycles. The predicted octanol–water partition coefficient (Wildman–Crippen LogP) is 4.88. The second kappa shape index (κ2) is 9.22. The lowest BCUT2D eigenvalue weighted by molar-refractivity contribution is -0.112. The smallest absolute Gasteiger partial charge is 0.296 e. The molecule has 4 aromatic rings. The van der Waals surface area contributed by atoms with Crippen LogP contribution in [-0.2, 0) is 4.79 Å². The Kier molecular flexibility index (Phi) is 6.03. The molecule has 0 bridgehead atoms. The molecule has 0 spiro atoms. The van der Waals surface area contributed by atoms with Crippen LogP contribution in [0.2, 0.25) is 0 Å². The summed E-state index contributed by atoms with van der Waals surface area (Å²) >= 11 is 0. The standard InChI is InChI=1S/C26H22N4O2/c1-18-24(19(2)30(29-18)23-12-4-3-5-13-23)25(31)26(32)28-22-11-8-9-20(17-22)14-15-21-10-6-7-16-27-21/h3-17H,1-2H3,(H,28,32)/b15-14+. The Labute approximate surface area is 186 Å². The molecule has 0 unspecified atom stereocenters. The van der Waals surface area contributed by atoms with Crippen molar-refractivity contribution in [3.63, 3.8) is 0 Å². The Morgan fingerprint density at radius 2 is 1.69 bits per heavy atom. The summed E-state index contributed by atoms with van der Waals surface area (Å²) in [5, 5.41) is 7.17. The fourth-order valence-electron chi connectivity index (χ4n) is 3.47. The van der Waals surface area contributed by atoms with Gasteiger partial charge in [-0.25, -0.2) is 4.68 Å². The number of hydrogen-bond acceptors (Lipinski definition) is 4. The Balaban J connectivity index is 1.52. The van der Waals surface area contributed by atoms with Crippen molar-refractivity contribution in [3.05, 3.63) is 107 Å². The van der Waals surface area contributed by atoms with Crippen LogP contribution in [0.25, 0.3) is 17.8 Å². The maximum atomic E-state index is 12.9. The predicted molar refractivity (Wildman–Crippen MR) is 126 cm³/mol. The number of ketones is 1. The average Bonchev–Trinajstić information content (AvgIpc) is 3.12. The van der Waals surface area contributed by atoms with E-state index in [0.29, 0.717) is 22.6 Å². The number of nitrogens with one attached hydrogen (secondary N) is 1. The molecule has 0 aliphatic carbocycles. The minimum absolute atomic E-state index is 0.317. The summed E-state index contributed by atoms with van der Waals surface area (Å²) in [7, 11) is 0. The van der Waals surface area contributed by atoms with Gasteiger partial charge in [-0.1, -0.05) is 42.5 Å². The SMILES string of the molecule is Cc1nn(-c2ccccc2)c(C)c1C(=O)C(=O)Nc1cccc(/C=C/c2ccccn2)c1. The van der Waals surface area contributed by atoms with Crippen molar-refractivity contribution < 1.29 is 9.59 Å². The zero-order valence-corrected chi connectivity index (χ0v) is 17.8. The molecule has 4 rings (SSSR count). The number of amides is 1. The maximum Gasteiger partial charge on any atom is 0.296 e. The first-order chi connectivity index (χ1) is 15.5. The van der Waals surface area contributed by atoms with Gasteiger partial charge in [-0.05, 0) is 61.9 Å². The van der Waals surface area contributed by atoms with Crippen molar-refractivity contribution in [1.82, 2.24) is 14.8 Å². The summed E-state index contributed by atoms with van der Waals surface area (Å²) in [6.07, 6.45) is 5.51. The molecule has 0 saturated heterocycles. The van der Waals surface area contributed by atoms with E-state index in [-0.39, 0.29) is 0 Å². The quantitative estimate of drug-likeness (QED) is 0.355. The lowest BCUT2D eigenvalue weighted by atomic mass is 10.1. The molecule has 1 amide bonds. The van der Waals surface area contributed by atoms with Crippen molar-refractivity contribution in [3.8, 4) is 5.69 Å². The van der Waals surface area contributed by atoms with Crippen molar-refractivity contribution in [2.45, 2.75) is 13.8 Å². The topological polar surface area (TPSA) is 76.9 Å². The minimum atomic E-state index is -0.699. The van der Waals surface area contributed by atoms with Gasteiger partial charge in [0.05, 0.1) is 28.3 Å². The van der Waals surface area contributed by atoms with Crippen molar-refractivity contribution in [1.29, 1.82) is 0 Å². The van der Waals surface area contributed by atoms with Crippen molar-refractivity contribution >= 4 is 29.5 Å². The zero-order valence-electron chi connectivity index (χ0n) is 17.8. The third-order valence-corrected chi connectivity index (χ3v) is 5.00. The van der Waals surface area contributed by atoms with Crippen LogP contribution in [0.15, 0.2) is 79.0 Å². The van der Waals surface area contributed by atoms with Crippen LogP contribution < -0.4 is 5.32 Å². The highest BCUT2D eigenvalue weighted by Crippen LogP contribution is 2.20. The molecule has 6 nitrogen and oxygen atoms in total. The monoisotopic (exact) mass is 422 g/mol. The molecule has 158 valence electrons. The molecule has 0 saturated carbocycles. The summed E-state index contributed by atoms with van der Waals surface area (Å²) in [6, 6.07) is 22.5. The lowest BCUT2D eigenvalue weighted by Gasteiger charge is -2.07. The number of anilines is 1. The Bertz CT molecular complexity index is 1290. The van der Waals surface area contributed by atoms with E-state index in [1.54, 1.807) is 36.9 Å². The Morgan fingerprint density at radius 1 is 0.906 bits per heavy atom. The van der Waals surface area contributed by atoms with Gasteiger partial charge < -0.3 is 5.32 Å². The van der Waals surface area contributed by atoms with Crippen molar-refractivity contribution in [2.24, 2.45) is 0 Å². The number of carbonyl (C=O) groups excluding carboxylic acids is 2. The van der Waals surface area contributed by atoms with Gasteiger partial charge >= 0.3 is 0 Å². The van der Waals surface area contributed by atoms with E-state index >= 15 is 0 Å². The van der Waals surface area contributed by atoms with Gasteiger partial charge in [0.25, 0.3) is 11.7 Å². The second-order valence-electron chi connectivity index (χ2n) is 7.29. The van der Waals surface area contributed by atoms with Gasteiger partial charge in [0.2, 0.25) is 0 Å². The number of benzene rings is 2. The number of para-hydroxylation sites is 1. The molecule has 6 heteroatoms. The molecule has 0 aliphatic heterocycles. The van der Waals surface area contributed by atoms with Crippen LogP contribution in [0.3, 0.4) is 0 Å². The van der Waals surface area contributed by atoms with Crippen LogP contribution in [-0.4, -0.2) is 26.5 Å². The summed E-state index contributed by atoms with van der Waals surface area (Å²) in [5.74, 6) is -1.31. The van der Waals surface area contributed by atoms with E-state index in [1.165, 1.54) is 0 Å². The number of pyridine rings is 1. The maximum absolute atomic E-state index is 12.9. The number of aryl methyl sites for hydroxylation is 1. The van der Waals surface area contributed by atoms with Gasteiger partial charge in [0.1, 0.15) is 0 Å². The van der Waals surface area contributed by atoms with Gasteiger partial charge in [0, 0.05) is 11.9 Å². The molecule has 0 atom stereocenters. The van der Waals surface area contributed by atoms with E-state index in [1.807, 2.05) is 72.8 Å². The lowest BCUT2D eigenvalue weighted by Crippen LogP contribution is -2.24. The Morgan fingerprint density at radius 3 is 2.44 bits per heavy atom. The minimum Gasteiger partial charge on any atom is -0.319 e. The van der Waals surface area contributed by atoms with Gasteiger partial charge in [-0.15, -0.1) is 0 Å². The molecular weight excluding hydrogens is 400 g/mol. The molecule has 2 heterocycles. The number of rotatable bonds is 6. The first-order valence-corrected chi connectivity index (χ1v) is 10.2. The van der Waals surface area contributed by atoms with Crippen molar-refractivity contribution in [2.75, 3.05) is 5.32 Å².